The summed E-state index contributed by atoms with van der Waals surface area (Å²) in [5.74, 6) is -0.469. The van der Waals surface area contributed by atoms with Gasteiger partial charge in [0.25, 0.3) is 5.91 Å². The molecule has 0 aromatic rings. The van der Waals surface area contributed by atoms with Gasteiger partial charge in [0.05, 0.1) is 6.42 Å². The summed E-state index contributed by atoms with van der Waals surface area (Å²) < 4.78 is 4.60. The Balaban J connectivity index is 2.25. The van der Waals surface area contributed by atoms with Crippen molar-refractivity contribution in [3.8, 4) is 0 Å². The Bertz CT molecular complexity index is 194. The van der Waals surface area contributed by atoms with Gasteiger partial charge < -0.3 is 10.1 Å². The fourth-order valence-corrected chi connectivity index (χ4v) is 0.885. The van der Waals surface area contributed by atoms with Crippen LogP contribution in [0.2, 0.25) is 0 Å². The molecule has 12 heavy (non-hydrogen) atoms. The summed E-state index contributed by atoms with van der Waals surface area (Å²) in [6, 6.07) is 0.150. The van der Waals surface area contributed by atoms with E-state index in [0.717, 1.165) is 6.42 Å². The molecular weight excluding hydrogens is 158 g/mol. The molecule has 1 aliphatic rings. The van der Waals surface area contributed by atoms with E-state index in [0.29, 0.717) is 0 Å². The molecule has 0 aromatic carbocycles. The van der Waals surface area contributed by atoms with E-state index in [9.17, 15) is 9.59 Å². The van der Waals surface area contributed by atoms with Crippen LogP contribution in [-0.4, -0.2) is 24.0 Å². The van der Waals surface area contributed by atoms with E-state index in [1.165, 1.54) is 0 Å². The summed E-state index contributed by atoms with van der Waals surface area (Å²) in [7, 11) is 0. The van der Waals surface area contributed by atoms with Crippen molar-refractivity contribution < 1.29 is 14.3 Å². The fourth-order valence-electron chi connectivity index (χ4n) is 0.885. The number of carbonyl (C=O) groups excluding carboxylic acids is 2. The highest BCUT2D eigenvalue weighted by atomic mass is 16.6. The summed E-state index contributed by atoms with van der Waals surface area (Å²) in [5.41, 5.74) is 0. The Kier molecular flexibility index (Phi) is 2.68. The average Bonchev–Trinajstić information content (AvgIpc) is 1.98. The molecule has 0 radical (unpaired) electrons. The van der Waals surface area contributed by atoms with E-state index in [4.69, 9.17) is 0 Å². The van der Waals surface area contributed by atoms with Crippen LogP contribution in [0.25, 0.3) is 0 Å². The van der Waals surface area contributed by atoms with Gasteiger partial charge in [0, 0.05) is 6.04 Å². The van der Waals surface area contributed by atoms with Gasteiger partial charge in [-0.05, 0) is 13.3 Å². The molecule has 1 N–H and O–H groups in total. The number of cyclic esters (lactones) is 1. The van der Waals surface area contributed by atoms with Gasteiger partial charge in [0.2, 0.25) is 0 Å². The van der Waals surface area contributed by atoms with Crippen molar-refractivity contribution in [2.24, 2.45) is 0 Å². The quantitative estimate of drug-likeness (QED) is 0.618. The molecule has 1 heterocycles. The van der Waals surface area contributed by atoms with Gasteiger partial charge in [-0.3, -0.25) is 9.59 Å². The van der Waals surface area contributed by atoms with E-state index < -0.39 is 6.10 Å². The van der Waals surface area contributed by atoms with Crippen LogP contribution in [0.5, 0.6) is 0 Å². The number of rotatable bonds is 3. The van der Waals surface area contributed by atoms with Gasteiger partial charge in [-0.25, -0.2) is 0 Å². The van der Waals surface area contributed by atoms with Crippen LogP contribution < -0.4 is 5.32 Å². The second-order valence-electron chi connectivity index (χ2n) is 3.00. The first-order valence-corrected chi connectivity index (χ1v) is 4.13. The standard InChI is InChI=1S/C8H13NO3/c1-3-5(2)9-8(11)6-4-7(10)12-6/h5-6H,3-4H2,1-2H3,(H,9,11)/t5-,6+/m0/s1. The third-order valence-corrected chi connectivity index (χ3v) is 1.92. The van der Waals surface area contributed by atoms with Crippen LogP contribution in [-0.2, 0) is 14.3 Å². The smallest absolute Gasteiger partial charge is 0.310 e. The Morgan fingerprint density at radius 3 is 2.83 bits per heavy atom. The second kappa shape index (κ2) is 3.56. The molecule has 0 aromatic heterocycles. The van der Waals surface area contributed by atoms with Crippen molar-refractivity contribution >= 4 is 11.9 Å². The SMILES string of the molecule is CC[C@H](C)NC(=O)[C@H]1CC(=O)O1. The zero-order valence-corrected chi connectivity index (χ0v) is 7.29. The van der Waals surface area contributed by atoms with E-state index >= 15 is 0 Å². The molecule has 2 atom stereocenters. The predicted molar refractivity (Wildman–Crippen MR) is 42.4 cm³/mol. The Morgan fingerprint density at radius 2 is 2.42 bits per heavy atom. The van der Waals surface area contributed by atoms with Crippen LogP contribution in [0.4, 0.5) is 0 Å². The Labute approximate surface area is 71.3 Å². The maximum absolute atomic E-state index is 11.2. The first-order chi connectivity index (χ1) is 5.63. The van der Waals surface area contributed by atoms with Crippen LogP contribution >= 0.6 is 0 Å². The number of hydrogen-bond donors (Lipinski definition) is 1. The minimum Gasteiger partial charge on any atom is -0.451 e. The van der Waals surface area contributed by atoms with Crippen LogP contribution in [0.3, 0.4) is 0 Å². The summed E-state index contributed by atoms with van der Waals surface area (Å²) >= 11 is 0. The summed E-state index contributed by atoms with van der Waals surface area (Å²) in [4.78, 5) is 21.5. The zero-order chi connectivity index (χ0) is 9.14. The summed E-state index contributed by atoms with van der Waals surface area (Å²) in [6.45, 7) is 3.90. The van der Waals surface area contributed by atoms with Crippen LogP contribution in [0.1, 0.15) is 26.7 Å². The van der Waals surface area contributed by atoms with Crippen molar-refractivity contribution in [1.82, 2.24) is 5.32 Å². The van der Waals surface area contributed by atoms with Gasteiger partial charge in [0.1, 0.15) is 0 Å². The van der Waals surface area contributed by atoms with E-state index in [1.807, 2.05) is 13.8 Å². The van der Waals surface area contributed by atoms with Crippen molar-refractivity contribution in [2.75, 3.05) is 0 Å². The van der Waals surface area contributed by atoms with E-state index in [-0.39, 0.29) is 24.3 Å². The molecule has 0 spiro atoms. The number of amides is 1. The second-order valence-corrected chi connectivity index (χ2v) is 3.00. The van der Waals surface area contributed by atoms with E-state index in [1.54, 1.807) is 0 Å². The molecule has 68 valence electrons. The lowest BCUT2D eigenvalue weighted by Gasteiger charge is -2.25. The van der Waals surface area contributed by atoms with Gasteiger partial charge in [-0.15, -0.1) is 0 Å². The van der Waals surface area contributed by atoms with Gasteiger partial charge in [0.15, 0.2) is 6.10 Å². The molecule has 4 heteroatoms. The zero-order valence-electron chi connectivity index (χ0n) is 7.29. The average molecular weight is 171 g/mol. The molecule has 0 aliphatic carbocycles. The number of hydrogen-bond acceptors (Lipinski definition) is 3. The molecule has 1 aliphatic heterocycles. The van der Waals surface area contributed by atoms with E-state index in [2.05, 4.69) is 10.1 Å². The lowest BCUT2D eigenvalue weighted by Crippen LogP contribution is -2.48. The van der Waals surface area contributed by atoms with Crippen molar-refractivity contribution in [3.63, 3.8) is 0 Å². The molecule has 1 fully saturated rings. The maximum atomic E-state index is 11.2. The lowest BCUT2D eigenvalue weighted by molar-refractivity contribution is -0.175. The number of esters is 1. The molecule has 1 saturated heterocycles. The highest BCUT2D eigenvalue weighted by Crippen LogP contribution is 2.13. The lowest BCUT2D eigenvalue weighted by atomic mass is 10.1. The van der Waals surface area contributed by atoms with Gasteiger partial charge >= 0.3 is 5.97 Å². The molecule has 0 saturated carbocycles. The first kappa shape index (κ1) is 9.03. The normalized spacial score (nSPS) is 23.8. The minimum atomic E-state index is -0.536. The van der Waals surface area contributed by atoms with Crippen molar-refractivity contribution in [1.29, 1.82) is 0 Å². The largest absolute Gasteiger partial charge is 0.451 e. The molecule has 0 unspecified atom stereocenters. The molecular formula is C8H13NO3. The third kappa shape index (κ3) is 1.96. The highest BCUT2D eigenvalue weighted by molar-refractivity contribution is 5.92. The Hall–Kier alpha value is -1.06. The topological polar surface area (TPSA) is 55.4 Å². The highest BCUT2D eigenvalue weighted by Gasteiger charge is 2.35. The van der Waals surface area contributed by atoms with Crippen molar-refractivity contribution in [3.05, 3.63) is 0 Å². The molecule has 0 bridgehead atoms. The van der Waals surface area contributed by atoms with Crippen LogP contribution in [0, 0.1) is 0 Å². The summed E-state index contributed by atoms with van der Waals surface area (Å²) in [6.07, 6.45) is 0.570. The fraction of sp³-hybridized carbons (Fsp3) is 0.750. The van der Waals surface area contributed by atoms with Gasteiger partial charge in [-0.2, -0.15) is 0 Å². The van der Waals surface area contributed by atoms with Crippen molar-refractivity contribution in [2.45, 2.75) is 38.8 Å². The van der Waals surface area contributed by atoms with Gasteiger partial charge in [-0.1, -0.05) is 6.92 Å². The number of nitrogens with one attached hydrogen (secondary N) is 1. The first-order valence-electron chi connectivity index (χ1n) is 4.13. The van der Waals surface area contributed by atoms with Crippen LogP contribution in [0.15, 0.2) is 0 Å². The molecule has 1 amide bonds. The molecule has 4 nitrogen and oxygen atoms in total. The number of carbonyl (C=O) groups is 2. The Morgan fingerprint density at radius 1 is 1.83 bits per heavy atom. The summed E-state index contributed by atoms with van der Waals surface area (Å²) in [5, 5.41) is 2.74. The number of ether oxygens (including phenoxy) is 1. The minimum absolute atomic E-state index is 0.150. The monoisotopic (exact) mass is 171 g/mol. The molecule has 1 rings (SSSR count). The third-order valence-electron chi connectivity index (χ3n) is 1.92. The predicted octanol–water partition coefficient (Wildman–Crippen LogP) is 0.217. The maximum Gasteiger partial charge on any atom is 0.310 e.